The Morgan fingerprint density at radius 3 is 2.83 bits per heavy atom. The van der Waals surface area contributed by atoms with Gasteiger partial charge in [0.2, 0.25) is 0 Å². The molecule has 1 aromatic rings. The van der Waals surface area contributed by atoms with Crippen LogP contribution < -0.4 is 5.32 Å². The Labute approximate surface area is 119 Å². The van der Waals surface area contributed by atoms with Crippen LogP contribution in [0.25, 0.3) is 0 Å². The number of aryl methyl sites for hydroxylation is 1. The van der Waals surface area contributed by atoms with Crippen molar-refractivity contribution in [3.8, 4) is 0 Å². The molecule has 1 aromatic carbocycles. The molecule has 2 heteroatoms. The van der Waals surface area contributed by atoms with E-state index >= 15 is 0 Å². The van der Waals surface area contributed by atoms with Gasteiger partial charge in [-0.15, -0.1) is 0 Å². The largest absolute Gasteiger partial charge is 0.313 e. The number of benzene rings is 1. The van der Waals surface area contributed by atoms with E-state index in [4.69, 9.17) is 0 Å². The van der Waals surface area contributed by atoms with Crippen molar-refractivity contribution >= 4 is 15.9 Å². The molecule has 0 aromatic heterocycles. The third kappa shape index (κ3) is 3.58. The van der Waals surface area contributed by atoms with Crippen LogP contribution in [-0.2, 0) is 12.8 Å². The Balaban J connectivity index is 1.94. The lowest BCUT2D eigenvalue weighted by atomic mass is 9.86. The van der Waals surface area contributed by atoms with Gasteiger partial charge in [0.05, 0.1) is 0 Å². The molecule has 1 aliphatic rings. The fourth-order valence-electron chi connectivity index (χ4n) is 2.44. The van der Waals surface area contributed by atoms with Gasteiger partial charge in [-0.25, -0.2) is 0 Å². The molecule has 2 rings (SSSR count). The first-order chi connectivity index (χ1) is 8.50. The van der Waals surface area contributed by atoms with Gasteiger partial charge in [-0.05, 0) is 54.4 Å². The van der Waals surface area contributed by atoms with Crippen LogP contribution >= 0.6 is 15.9 Å². The first kappa shape index (κ1) is 14.1. The van der Waals surface area contributed by atoms with E-state index in [9.17, 15) is 0 Å². The SMILES string of the molecule is CCC(C)(C)CNC1CCc2cc(Br)ccc2C1. The highest BCUT2D eigenvalue weighted by Gasteiger charge is 2.21. The zero-order valence-electron chi connectivity index (χ0n) is 11.7. The Hall–Kier alpha value is -0.340. The summed E-state index contributed by atoms with van der Waals surface area (Å²) in [5.41, 5.74) is 3.47. The fourth-order valence-corrected chi connectivity index (χ4v) is 2.85. The van der Waals surface area contributed by atoms with Gasteiger partial charge in [-0.2, -0.15) is 0 Å². The maximum atomic E-state index is 3.76. The second-order valence-electron chi connectivity index (χ2n) is 6.25. The Morgan fingerprint density at radius 2 is 2.11 bits per heavy atom. The summed E-state index contributed by atoms with van der Waals surface area (Å²) in [5.74, 6) is 0. The number of hydrogen-bond acceptors (Lipinski definition) is 1. The van der Waals surface area contributed by atoms with Gasteiger partial charge in [0.25, 0.3) is 0 Å². The number of hydrogen-bond donors (Lipinski definition) is 1. The monoisotopic (exact) mass is 309 g/mol. The molecule has 0 heterocycles. The summed E-state index contributed by atoms with van der Waals surface area (Å²) in [6, 6.07) is 7.38. The van der Waals surface area contributed by atoms with Crippen LogP contribution in [0.5, 0.6) is 0 Å². The molecular weight excluding hydrogens is 286 g/mol. The van der Waals surface area contributed by atoms with E-state index in [0.29, 0.717) is 11.5 Å². The molecule has 0 aliphatic heterocycles. The van der Waals surface area contributed by atoms with Crippen LogP contribution in [0.3, 0.4) is 0 Å². The molecule has 1 nitrogen and oxygen atoms in total. The van der Waals surface area contributed by atoms with Crippen LogP contribution in [0.15, 0.2) is 22.7 Å². The Morgan fingerprint density at radius 1 is 1.33 bits per heavy atom. The summed E-state index contributed by atoms with van der Waals surface area (Å²) in [6.45, 7) is 8.08. The molecule has 1 atom stereocenters. The minimum atomic E-state index is 0.417. The van der Waals surface area contributed by atoms with Crippen molar-refractivity contribution in [2.45, 2.75) is 52.5 Å². The van der Waals surface area contributed by atoms with E-state index in [1.807, 2.05) is 0 Å². The van der Waals surface area contributed by atoms with Crippen LogP contribution in [0.2, 0.25) is 0 Å². The average Bonchev–Trinajstić information content (AvgIpc) is 2.36. The molecule has 100 valence electrons. The van der Waals surface area contributed by atoms with Crippen LogP contribution in [-0.4, -0.2) is 12.6 Å². The molecule has 0 spiro atoms. The van der Waals surface area contributed by atoms with Crippen molar-refractivity contribution in [3.05, 3.63) is 33.8 Å². The maximum Gasteiger partial charge on any atom is 0.0178 e. The molecule has 1 unspecified atom stereocenters. The summed E-state index contributed by atoms with van der Waals surface area (Å²) in [4.78, 5) is 0. The third-order valence-corrected chi connectivity index (χ3v) is 4.72. The van der Waals surface area contributed by atoms with Crippen molar-refractivity contribution in [2.75, 3.05) is 6.54 Å². The number of nitrogens with one attached hydrogen (secondary N) is 1. The van der Waals surface area contributed by atoms with E-state index in [2.05, 4.69) is 60.2 Å². The summed E-state index contributed by atoms with van der Waals surface area (Å²) in [7, 11) is 0. The van der Waals surface area contributed by atoms with Crippen molar-refractivity contribution < 1.29 is 0 Å². The lowest BCUT2D eigenvalue weighted by Gasteiger charge is -2.30. The Kier molecular flexibility index (Phi) is 4.50. The van der Waals surface area contributed by atoms with Crippen molar-refractivity contribution in [1.82, 2.24) is 5.32 Å². The smallest absolute Gasteiger partial charge is 0.0178 e. The van der Waals surface area contributed by atoms with Crippen LogP contribution in [0.4, 0.5) is 0 Å². The fraction of sp³-hybridized carbons (Fsp3) is 0.625. The zero-order chi connectivity index (χ0) is 13.2. The highest BCUT2D eigenvalue weighted by molar-refractivity contribution is 9.10. The van der Waals surface area contributed by atoms with Gasteiger partial charge in [0.1, 0.15) is 0 Å². The molecule has 0 fully saturated rings. The van der Waals surface area contributed by atoms with Gasteiger partial charge in [0, 0.05) is 17.1 Å². The predicted octanol–water partition coefficient (Wildman–Crippen LogP) is 4.33. The second-order valence-corrected chi connectivity index (χ2v) is 7.17. The normalized spacial score (nSPS) is 19.7. The van der Waals surface area contributed by atoms with Gasteiger partial charge >= 0.3 is 0 Å². The third-order valence-electron chi connectivity index (χ3n) is 4.22. The van der Waals surface area contributed by atoms with Crippen molar-refractivity contribution in [1.29, 1.82) is 0 Å². The molecule has 0 amide bonds. The minimum absolute atomic E-state index is 0.417. The Bertz CT molecular complexity index is 412. The van der Waals surface area contributed by atoms with Crippen molar-refractivity contribution in [2.24, 2.45) is 5.41 Å². The van der Waals surface area contributed by atoms with E-state index in [1.54, 1.807) is 0 Å². The first-order valence-corrected chi connectivity index (χ1v) is 7.80. The number of halogens is 1. The molecule has 18 heavy (non-hydrogen) atoms. The van der Waals surface area contributed by atoms with Gasteiger partial charge in [-0.3, -0.25) is 0 Å². The van der Waals surface area contributed by atoms with Crippen LogP contribution in [0, 0.1) is 5.41 Å². The quantitative estimate of drug-likeness (QED) is 0.872. The van der Waals surface area contributed by atoms with Crippen molar-refractivity contribution in [3.63, 3.8) is 0 Å². The highest BCUT2D eigenvalue weighted by Crippen LogP contribution is 2.26. The lowest BCUT2D eigenvalue weighted by Crippen LogP contribution is -2.40. The maximum absolute atomic E-state index is 3.76. The first-order valence-electron chi connectivity index (χ1n) is 7.01. The molecule has 0 bridgehead atoms. The van der Waals surface area contributed by atoms with E-state index in [1.165, 1.54) is 41.3 Å². The molecule has 0 radical (unpaired) electrons. The number of fused-ring (bicyclic) bond motifs is 1. The summed E-state index contributed by atoms with van der Waals surface area (Å²) in [6.07, 6.45) is 4.89. The standard InChI is InChI=1S/C16H24BrN/c1-4-16(2,3)11-18-15-8-6-12-9-14(17)7-5-13(12)10-15/h5,7,9,15,18H,4,6,8,10-11H2,1-3H3. The molecule has 0 saturated carbocycles. The molecule has 1 N–H and O–H groups in total. The summed E-state index contributed by atoms with van der Waals surface area (Å²) < 4.78 is 1.21. The van der Waals surface area contributed by atoms with Gasteiger partial charge in [0.15, 0.2) is 0 Å². The van der Waals surface area contributed by atoms with E-state index in [-0.39, 0.29) is 0 Å². The highest BCUT2D eigenvalue weighted by atomic mass is 79.9. The average molecular weight is 310 g/mol. The molecule has 1 aliphatic carbocycles. The number of rotatable bonds is 4. The summed E-state index contributed by atoms with van der Waals surface area (Å²) in [5, 5.41) is 3.76. The zero-order valence-corrected chi connectivity index (χ0v) is 13.3. The topological polar surface area (TPSA) is 12.0 Å². The van der Waals surface area contributed by atoms with Gasteiger partial charge in [-0.1, -0.05) is 42.8 Å². The van der Waals surface area contributed by atoms with Crippen LogP contribution in [0.1, 0.15) is 44.7 Å². The minimum Gasteiger partial charge on any atom is -0.313 e. The molecule has 0 saturated heterocycles. The summed E-state index contributed by atoms with van der Waals surface area (Å²) >= 11 is 3.56. The lowest BCUT2D eigenvalue weighted by molar-refractivity contribution is 0.299. The second kappa shape index (κ2) is 5.75. The van der Waals surface area contributed by atoms with Gasteiger partial charge < -0.3 is 5.32 Å². The predicted molar refractivity (Wildman–Crippen MR) is 82.0 cm³/mol. The molecular formula is C16H24BrN. The van der Waals surface area contributed by atoms with E-state index in [0.717, 1.165) is 6.54 Å². The van der Waals surface area contributed by atoms with E-state index < -0.39 is 0 Å².